The molecule has 0 unspecified atom stereocenters. The van der Waals surface area contributed by atoms with Crippen LogP contribution in [0, 0.1) is 0 Å². The van der Waals surface area contributed by atoms with Crippen LogP contribution in [0.5, 0.6) is 0 Å². The SMILES string of the molecule is CCCCCCCCCCCCSCCCS(OC)(OC)OC. The number of rotatable bonds is 18. The molecule has 0 saturated heterocycles. The van der Waals surface area contributed by atoms with Gasteiger partial charge in [0, 0.05) is 5.75 Å². The summed E-state index contributed by atoms with van der Waals surface area (Å²) in [6, 6.07) is 0. The van der Waals surface area contributed by atoms with Gasteiger partial charge in [0.05, 0.1) is 32.2 Å². The van der Waals surface area contributed by atoms with Crippen molar-refractivity contribution in [2.45, 2.75) is 77.6 Å². The first kappa shape index (κ1) is 23.6. The lowest BCUT2D eigenvalue weighted by atomic mass is 10.1. The summed E-state index contributed by atoms with van der Waals surface area (Å²) in [5.41, 5.74) is 0. The molecule has 0 aromatic carbocycles. The Balaban J connectivity index is 3.25. The maximum atomic E-state index is 5.38. The van der Waals surface area contributed by atoms with E-state index in [2.05, 4.69) is 6.92 Å². The van der Waals surface area contributed by atoms with Crippen molar-refractivity contribution in [2.24, 2.45) is 0 Å². The third-order valence-electron chi connectivity index (χ3n) is 4.09. The van der Waals surface area contributed by atoms with Gasteiger partial charge in [0.25, 0.3) is 0 Å². The van der Waals surface area contributed by atoms with E-state index in [0.29, 0.717) is 0 Å². The lowest BCUT2D eigenvalue weighted by molar-refractivity contribution is 0.248. The molecule has 0 atom stereocenters. The summed E-state index contributed by atoms with van der Waals surface area (Å²) in [7, 11) is 3.26. The molecule has 0 aromatic heterocycles. The molecule has 0 bridgehead atoms. The molecule has 0 radical (unpaired) electrons. The summed E-state index contributed by atoms with van der Waals surface area (Å²) < 4.78 is 16.1. The molecule has 3 nitrogen and oxygen atoms in total. The van der Waals surface area contributed by atoms with Crippen LogP contribution < -0.4 is 0 Å². The van der Waals surface area contributed by atoms with E-state index in [0.717, 1.165) is 12.2 Å². The summed E-state index contributed by atoms with van der Waals surface area (Å²) in [5.74, 6) is 3.32. The van der Waals surface area contributed by atoms with Gasteiger partial charge >= 0.3 is 0 Å². The molecule has 0 amide bonds. The molecule has 0 heterocycles. The smallest absolute Gasteiger partial charge is 0.0879 e. The van der Waals surface area contributed by atoms with Crippen molar-refractivity contribution in [3.05, 3.63) is 0 Å². The monoisotopic (exact) mass is 368 g/mol. The topological polar surface area (TPSA) is 27.7 Å². The van der Waals surface area contributed by atoms with Gasteiger partial charge in [-0.15, -0.1) is 0 Å². The third kappa shape index (κ3) is 13.5. The van der Waals surface area contributed by atoms with E-state index in [4.69, 9.17) is 12.5 Å². The molecule has 0 aliphatic heterocycles. The maximum Gasteiger partial charge on any atom is 0.0879 e. The highest BCUT2D eigenvalue weighted by Crippen LogP contribution is 2.49. The summed E-state index contributed by atoms with van der Waals surface area (Å²) >= 11 is 2.05. The van der Waals surface area contributed by atoms with E-state index in [-0.39, 0.29) is 0 Å². The van der Waals surface area contributed by atoms with Gasteiger partial charge in [-0.05, 0) is 24.3 Å². The van der Waals surface area contributed by atoms with Crippen molar-refractivity contribution >= 4 is 22.6 Å². The van der Waals surface area contributed by atoms with Crippen LogP contribution in [0.3, 0.4) is 0 Å². The van der Waals surface area contributed by atoms with Crippen molar-refractivity contribution in [2.75, 3.05) is 38.6 Å². The predicted molar refractivity (Wildman–Crippen MR) is 107 cm³/mol. The van der Waals surface area contributed by atoms with Crippen LogP contribution in [0.15, 0.2) is 0 Å². The molecule has 0 fully saturated rings. The molecule has 0 saturated carbocycles. The highest BCUT2D eigenvalue weighted by atomic mass is 32.3. The standard InChI is InChI=1S/C18H40O3S2/c1-5-6-7-8-9-10-11-12-13-14-16-22-17-15-18-23(19-2,20-3)21-4/h5-18H2,1-4H3. The molecule has 0 aliphatic rings. The Morgan fingerprint density at radius 1 is 0.609 bits per heavy atom. The van der Waals surface area contributed by atoms with E-state index in [9.17, 15) is 0 Å². The Morgan fingerprint density at radius 3 is 1.52 bits per heavy atom. The Labute approximate surface area is 151 Å². The van der Waals surface area contributed by atoms with Crippen LogP contribution in [-0.4, -0.2) is 38.6 Å². The highest BCUT2D eigenvalue weighted by molar-refractivity contribution is 8.21. The molecule has 0 rings (SSSR count). The zero-order valence-corrected chi connectivity index (χ0v) is 17.6. The molecule has 0 aromatic rings. The van der Waals surface area contributed by atoms with Crippen molar-refractivity contribution in [3.8, 4) is 0 Å². The van der Waals surface area contributed by atoms with Gasteiger partial charge in [-0.1, -0.05) is 64.7 Å². The minimum absolute atomic E-state index is 0.863. The summed E-state index contributed by atoms with van der Waals surface area (Å²) in [6.07, 6.45) is 15.2. The maximum absolute atomic E-state index is 5.38. The minimum Gasteiger partial charge on any atom is -0.296 e. The van der Waals surface area contributed by atoms with E-state index in [1.54, 1.807) is 21.3 Å². The van der Waals surface area contributed by atoms with Crippen LogP contribution in [0.25, 0.3) is 0 Å². The summed E-state index contributed by atoms with van der Waals surface area (Å²) in [5, 5.41) is 0. The lowest BCUT2D eigenvalue weighted by Gasteiger charge is -2.33. The van der Waals surface area contributed by atoms with Crippen molar-refractivity contribution < 1.29 is 12.5 Å². The molecule has 5 heteroatoms. The number of hydrogen-bond acceptors (Lipinski definition) is 4. The van der Waals surface area contributed by atoms with Crippen LogP contribution in [0.2, 0.25) is 0 Å². The average molecular weight is 369 g/mol. The second-order valence-electron chi connectivity index (χ2n) is 5.91. The lowest BCUT2D eigenvalue weighted by Crippen LogP contribution is -2.11. The van der Waals surface area contributed by atoms with Gasteiger partial charge in [0.2, 0.25) is 0 Å². The summed E-state index contributed by atoms with van der Waals surface area (Å²) in [6.45, 7) is 2.28. The molecular weight excluding hydrogens is 328 g/mol. The van der Waals surface area contributed by atoms with Gasteiger partial charge in [-0.2, -0.15) is 11.8 Å². The molecular formula is C18H40O3S2. The second kappa shape index (κ2) is 17.4. The first-order valence-corrected chi connectivity index (χ1v) is 12.0. The fraction of sp³-hybridized carbons (Fsp3) is 1.00. The molecule has 0 aliphatic carbocycles. The molecule has 23 heavy (non-hydrogen) atoms. The Hall–Kier alpha value is 0.580. The third-order valence-corrected chi connectivity index (χ3v) is 7.55. The number of hydrogen-bond donors (Lipinski definition) is 0. The fourth-order valence-electron chi connectivity index (χ4n) is 2.59. The predicted octanol–water partition coefficient (Wildman–Crippen LogP) is 6.52. The molecule has 0 spiro atoms. The quantitative estimate of drug-likeness (QED) is 0.257. The normalized spacial score (nSPS) is 12.7. The van der Waals surface area contributed by atoms with Crippen LogP contribution in [0.4, 0.5) is 0 Å². The highest BCUT2D eigenvalue weighted by Gasteiger charge is 2.21. The number of unbranched alkanes of at least 4 members (excludes halogenated alkanes) is 9. The summed E-state index contributed by atoms with van der Waals surface area (Å²) in [4.78, 5) is 0. The van der Waals surface area contributed by atoms with Crippen LogP contribution in [0.1, 0.15) is 77.6 Å². The van der Waals surface area contributed by atoms with Gasteiger partial charge in [-0.3, -0.25) is 12.5 Å². The van der Waals surface area contributed by atoms with Crippen LogP contribution >= 0.6 is 22.6 Å². The number of thioether (sulfide) groups is 1. The van der Waals surface area contributed by atoms with Crippen LogP contribution in [-0.2, 0) is 12.5 Å². The Bertz CT molecular complexity index is 228. The second-order valence-corrected chi connectivity index (χ2v) is 9.66. The van der Waals surface area contributed by atoms with E-state index < -0.39 is 10.9 Å². The van der Waals surface area contributed by atoms with Gasteiger partial charge in [0.1, 0.15) is 0 Å². The zero-order valence-electron chi connectivity index (χ0n) is 15.9. The van der Waals surface area contributed by atoms with Gasteiger partial charge in [-0.25, -0.2) is 0 Å². The largest absolute Gasteiger partial charge is 0.296 e. The Kier molecular flexibility index (Phi) is 17.8. The van der Waals surface area contributed by atoms with Gasteiger partial charge in [0.15, 0.2) is 0 Å². The first-order valence-electron chi connectivity index (χ1n) is 9.30. The van der Waals surface area contributed by atoms with E-state index >= 15 is 0 Å². The zero-order chi connectivity index (χ0) is 17.2. The van der Waals surface area contributed by atoms with Crippen molar-refractivity contribution in [3.63, 3.8) is 0 Å². The molecule has 0 N–H and O–H groups in total. The van der Waals surface area contributed by atoms with Crippen molar-refractivity contribution in [1.29, 1.82) is 0 Å². The van der Waals surface area contributed by atoms with E-state index in [1.807, 2.05) is 11.8 Å². The first-order chi connectivity index (χ1) is 11.2. The van der Waals surface area contributed by atoms with Crippen molar-refractivity contribution in [1.82, 2.24) is 0 Å². The average Bonchev–Trinajstić information content (AvgIpc) is 2.59. The fourth-order valence-corrected chi connectivity index (χ4v) is 5.14. The van der Waals surface area contributed by atoms with Gasteiger partial charge < -0.3 is 0 Å². The molecule has 142 valence electrons. The van der Waals surface area contributed by atoms with E-state index in [1.165, 1.54) is 75.7 Å². The minimum atomic E-state index is -1.74. The Morgan fingerprint density at radius 2 is 1.04 bits per heavy atom.